The summed E-state index contributed by atoms with van der Waals surface area (Å²) in [5.74, 6) is 1.12. The summed E-state index contributed by atoms with van der Waals surface area (Å²) in [7, 11) is 1.58. The van der Waals surface area contributed by atoms with Crippen LogP contribution in [0.2, 0.25) is 10.0 Å². The first-order chi connectivity index (χ1) is 14.6. The second-order valence-electron chi connectivity index (χ2n) is 6.09. The SMILES string of the molecule is COc1cccc(/C=N/NC(=S)Nc2ccccc2)c1OCc1ccc(Cl)cc1Cl. The average Bonchev–Trinajstić information content (AvgIpc) is 2.74. The van der Waals surface area contributed by atoms with Crippen LogP contribution >= 0.6 is 35.4 Å². The van der Waals surface area contributed by atoms with Crippen LogP contribution in [0.5, 0.6) is 11.5 Å². The van der Waals surface area contributed by atoms with Gasteiger partial charge in [-0.2, -0.15) is 5.10 Å². The van der Waals surface area contributed by atoms with Crippen LogP contribution in [-0.4, -0.2) is 18.4 Å². The molecular formula is C22H19Cl2N3O2S. The number of nitrogens with zero attached hydrogens (tertiary/aromatic N) is 1. The predicted molar refractivity (Wildman–Crippen MR) is 127 cm³/mol. The lowest BCUT2D eigenvalue weighted by Crippen LogP contribution is -2.23. The van der Waals surface area contributed by atoms with Gasteiger partial charge in [-0.25, -0.2) is 0 Å². The normalized spacial score (nSPS) is 10.6. The topological polar surface area (TPSA) is 54.9 Å². The lowest BCUT2D eigenvalue weighted by atomic mass is 10.2. The molecule has 0 aromatic heterocycles. The molecule has 0 saturated carbocycles. The van der Waals surface area contributed by atoms with E-state index < -0.39 is 0 Å². The van der Waals surface area contributed by atoms with Gasteiger partial charge in [-0.05, 0) is 48.6 Å². The number of para-hydroxylation sites is 2. The van der Waals surface area contributed by atoms with E-state index >= 15 is 0 Å². The van der Waals surface area contributed by atoms with Crippen LogP contribution in [0, 0.1) is 0 Å². The Kier molecular flexibility index (Phi) is 7.90. The predicted octanol–water partition coefficient (Wildman–Crippen LogP) is 5.90. The van der Waals surface area contributed by atoms with E-state index in [2.05, 4.69) is 15.8 Å². The molecule has 5 nitrogen and oxygen atoms in total. The van der Waals surface area contributed by atoms with Crippen LogP contribution < -0.4 is 20.2 Å². The number of halogens is 2. The molecule has 8 heteroatoms. The number of nitrogens with one attached hydrogen (secondary N) is 2. The summed E-state index contributed by atoms with van der Waals surface area (Å²) in [6.45, 7) is 0.249. The highest BCUT2D eigenvalue weighted by Crippen LogP contribution is 2.32. The van der Waals surface area contributed by atoms with Crippen LogP contribution in [0.4, 0.5) is 5.69 Å². The maximum atomic E-state index is 6.24. The van der Waals surface area contributed by atoms with Gasteiger partial charge >= 0.3 is 0 Å². The quantitative estimate of drug-likeness (QED) is 0.261. The van der Waals surface area contributed by atoms with Crippen molar-refractivity contribution in [3.63, 3.8) is 0 Å². The van der Waals surface area contributed by atoms with Crippen LogP contribution in [-0.2, 0) is 6.61 Å². The summed E-state index contributed by atoms with van der Waals surface area (Å²) in [5.41, 5.74) is 5.19. The molecule has 30 heavy (non-hydrogen) atoms. The third-order valence-electron chi connectivity index (χ3n) is 4.02. The molecule has 0 bridgehead atoms. The Labute approximate surface area is 190 Å². The van der Waals surface area contributed by atoms with Gasteiger partial charge < -0.3 is 14.8 Å². The summed E-state index contributed by atoms with van der Waals surface area (Å²) in [4.78, 5) is 0. The fourth-order valence-corrected chi connectivity index (χ4v) is 3.21. The largest absolute Gasteiger partial charge is 0.493 e. The number of hydrogen-bond donors (Lipinski definition) is 2. The fraction of sp³-hybridized carbons (Fsp3) is 0.0909. The van der Waals surface area contributed by atoms with Crippen molar-refractivity contribution in [2.45, 2.75) is 6.61 Å². The highest BCUT2D eigenvalue weighted by molar-refractivity contribution is 7.80. The third-order valence-corrected chi connectivity index (χ3v) is 4.80. The monoisotopic (exact) mass is 459 g/mol. The van der Waals surface area contributed by atoms with Crippen LogP contribution in [0.15, 0.2) is 71.8 Å². The van der Waals surface area contributed by atoms with Crippen molar-refractivity contribution in [2.75, 3.05) is 12.4 Å². The van der Waals surface area contributed by atoms with Crippen molar-refractivity contribution in [2.24, 2.45) is 5.10 Å². The lowest BCUT2D eigenvalue weighted by Gasteiger charge is -2.14. The van der Waals surface area contributed by atoms with Crippen molar-refractivity contribution in [1.29, 1.82) is 0 Å². The molecule has 0 radical (unpaired) electrons. The van der Waals surface area contributed by atoms with Crippen LogP contribution in [0.3, 0.4) is 0 Å². The molecule has 3 aromatic rings. The lowest BCUT2D eigenvalue weighted by molar-refractivity contribution is 0.284. The molecule has 0 aliphatic carbocycles. The molecule has 0 aliphatic heterocycles. The Balaban J connectivity index is 1.70. The van der Waals surface area contributed by atoms with Gasteiger partial charge in [0.2, 0.25) is 0 Å². The Morgan fingerprint density at radius 3 is 2.60 bits per heavy atom. The highest BCUT2D eigenvalue weighted by atomic mass is 35.5. The number of methoxy groups -OCH3 is 1. The fourth-order valence-electron chi connectivity index (χ4n) is 2.58. The molecule has 154 valence electrons. The zero-order chi connectivity index (χ0) is 21.3. The average molecular weight is 460 g/mol. The third kappa shape index (κ3) is 6.10. The van der Waals surface area contributed by atoms with E-state index in [9.17, 15) is 0 Å². The summed E-state index contributed by atoms with van der Waals surface area (Å²) in [6.07, 6.45) is 1.61. The van der Waals surface area contributed by atoms with Crippen LogP contribution in [0.25, 0.3) is 0 Å². The maximum Gasteiger partial charge on any atom is 0.191 e. The van der Waals surface area contributed by atoms with Gasteiger partial charge in [0.1, 0.15) is 6.61 Å². The number of rotatable bonds is 7. The number of benzene rings is 3. The molecule has 0 unspecified atom stereocenters. The summed E-state index contributed by atoms with van der Waals surface area (Å²) in [6, 6.07) is 20.4. The maximum absolute atomic E-state index is 6.24. The summed E-state index contributed by atoms with van der Waals surface area (Å²) < 4.78 is 11.4. The number of hydrogen-bond acceptors (Lipinski definition) is 4. The first-order valence-corrected chi connectivity index (χ1v) is 10.1. The number of hydrazone groups is 1. The Bertz CT molecular complexity index is 1050. The molecule has 0 fully saturated rings. The first kappa shape index (κ1) is 21.9. The van der Waals surface area contributed by atoms with Gasteiger partial charge in [-0.3, -0.25) is 5.43 Å². The van der Waals surface area contributed by atoms with E-state index in [4.69, 9.17) is 44.9 Å². The van der Waals surface area contributed by atoms with Crippen molar-refractivity contribution in [3.8, 4) is 11.5 Å². The first-order valence-electron chi connectivity index (χ1n) is 8.95. The van der Waals surface area contributed by atoms with Crippen molar-refractivity contribution >= 4 is 52.4 Å². The number of anilines is 1. The molecule has 0 aliphatic rings. The van der Waals surface area contributed by atoms with Gasteiger partial charge in [0.05, 0.1) is 13.3 Å². The van der Waals surface area contributed by atoms with Crippen molar-refractivity contribution < 1.29 is 9.47 Å². The molecule has 0 amide bonds. The zero-order valence-corrected chi connectivity index (χ0v) is 18.4. The Morgan fingerprint density at radius 2 is 1.87 bits per heavy atom. The van der Waals surface area contributed by atoms with E-state index in [-0.39, 0.29) is 6.61 Å². The molecule has 0 spiro atoms. The van der Waals surface area contributed by atoms with Crippen molar-refractivity contribution in [3.05, 3.63) is 87.9 Å². The second kappa shape index (κ2) is 10.8. The molecule has 0 saturated heterocycles. The zero-order valence-electron chi connectivity index (χ0n) is 16.1. The summed E-state index contributed by atoms with van der Waals surface area (Å²) >= 11 is 17.5. The Hall–Kier alpha value is -2.80. The minimum absolute atomic E-state index is 0.249. The van der Waals surface area contributed by atoms with E-state index in [0.29, 0.717) is 26.7 Å². The van der Waals surface area contributed by atoms with Crippen LogP contribution in [0.1, 0.15) is 11.1 Å². The number of thiocarbonyl (C=S) groups is 1. The van der Waals surface area contributed by atoms with E-state index in [0.717, 1.165) is 16.8 Å². The second-order valence-corrected chi connectivity index (χ2v) is 7.35. The molecule has 3 aromatic carbocycles. The molecule has 3 rings (SSSR count). The molecule has 2 N–H and O–H groups in total. The van der Waals surface area contributed by atoms with E-state index in [1.807, 2.05) is 54.6 Å². The van der Waals surface area contributed by atoms with Gasteiger partial charge in [-0.1, -0.05) is 53.5 Å². The van der Waals surface area contributed by atoms with Gasteiger partial charge in [-0.15, -0.1) is 0 Å². The van der Waals surface area contributed by atoms with Gasteiger partial charge in [0, 0.05) is 26.9 Å². The highest BCUT2D eigenvalue weighted by Gasteiger charge is 2.11. The standard InChI is InChI=1S/C22H19Cl2N3O2S/c1-28-20-9-5-6-15(13-25-27-22(30)26-18-7-3-2-4-8-18)21(20)29-14-16-10-11-17(23)12-19(16)24/h2-13H,14H2,1H3,(H2,26,27,30)/b25-13+. The molecular weight excluding hydrogens is 441 g/mol. The number of ether oxygens (including phenoxy) is 2. The molecule has 0 heterocycles. The Morgan fingerprint density at radius 1 is 1.07 bits per heavy atom. The minimum Gasteiger partial charge on any atom is -0.493 e. The minimum atomic E-state index is 0.249. The van der Waals surface area contributed by atoms with E-state index in [1.165, 1.54) is 0 Å². The van der Waals surface area contributed by atoms with Crippen molar-refractivity contribution in [1.82, 2.24) is 5.43 Å². The van der Waals surface area contributed by atoms with Gasteiger partial charge in [0.25, 0.3) is 0 Å². The van der Waals surface area contributed by atoms with Gasteiger partial charge in [0.15, 0.2) is 16.6 Å². The smallest absolute Gasteiger partial charge is 0.191 e. The van der Waals surface area contributed by atoms with E-state index in [1.54, 1.807) is 25.5 Å². The molecule has 0 atom stereocenters. The summed E-state index contributed by atoms with van der Waals surface area (Å²) in [5, 5.41) is 8.72.